The van der Waals surface area contributed by atoms with Crippen molar-refractivity contribution in [1.82, 2.24) is 20.3 Å². The van der Waals surface area contributed by atoms with Crippen molar-refractivity contribution in [3.8, 4) is 5.75 Å². The van der Waals surface area contributed by atoms with E-state index in [0.717, 1.165) is 11.1 Å². The van der Waals surface area contributed by atoms with E-state index in [-0.39, 0.29) is 17.3 Å². The van der Waals surface area contributed by atoms with Crippen molar-refractivity contribution in [2.75, 3.05) is 6.61 Å². The quantitative estimate of drug-likeness (QED) is 0.340. The molecule has 9 heteroatoms. The number of aromatic nitrogens is 3. The van der Waals surface area contributed by atoms with Crippen molar-refractivity contribution < 1.29 is 14.3 Å². The standard InChI is InChI=1S/C30H30N4O5/c1-30(2,3)39-29(37)34-26(21-12-8-5-9-13-21)19-38-23-15-14-22(31-18-23)17-25-28(36)32-24(27(35)33-25)16-20-10-6-4-7-11-20/h4-18,26H,19H2,1-3H3,(H,32,36)(H,33,35)(H,34,37)/b24-16-,25-17-/t26-/m0/s1. The van der Waals surface area contributed by atoms with E-state index in [2.05, 4.69) is 20.3 Å². The molecule has 1 atom stereocenters. The van der Waals surface area contributed by atoms with Crippen LogP contribution >= 0.6 is 0 Å². The van der Waals surface area contributed by atoms with Crippen molar-refractivity contribution in [2.24, 2.45) is 0 Å². The van der Waals surface area contributed by atoms with E-state index < -0.39 is 28.9 Å². The molecule has 9 nitrogen and oxygen atoms in total. The highest BCUT2D eigenvalue weighted by Crippen LogP contribution is 2.17. The fourth-order valence-corrected chi connectivity index (χ4v) is 3.66. The largest absolute Gasteiger partial charge is 0.489 e. The van der Waals surface area contributed by atoms with E-state index in [1.165, 1.54) is 12.3 Å². The first-order chi connectivity index (χ1) is 18.7. The van der Waals surface area contributed by atoms with Gasteiger partial charge < -0.3 is 24.8 Å². The molecule has 4 aromatic rings. The molecular weight excluding hydrogens is 496 g/mol. The molecule has 0 saturated carbocycles. The van der Waals surface area contributed by atoms with Crippen LogP contribution < -0.4 is 31.9 Å². The van der Waals surface area contributed by atoms with Crippen LogP contribution in [0.25, 0.3) is 12.2 Å². The van der Waals surface area contributed by atoms with Crippen molar-refractivity contribution in [1.29, 1.82) is 0 Å². The van der Waals surface area contributed by atoms with Gasteiger partial charge in [-0.15, -0.1) is 0 Å². The molecule has 0 aliphatic carbocycles. The molecule has 200 valence electrons. The van der Waals surface area contributed by atoms with E-state index in [4.69, 9.17) is 9.47 Å². The number of benzene rings is 2. The van der Waals surface area contributed by atoms with Gasteiger partial charge in [0.15, 0.2) is 0 Å². The Bertz CT molecular complexity index is 1640. The van der Waals surface area contributed by atoms with Gasteiger partial charge in [-0.2, -0.15) is 0 Å². The van der Waals surface area contributed by atoms with Crippen LogP contribution in [0.4, 0.5) is 4.79 Å². The first kappa shape index (κ1) is 27.1. The number of aromatic amines is 2. The second-order valence-corrected chi connectivity index (χ2v) is 9.77. The minimum Gasteiger partial charge on any atom is -0.489 e. The number of hydrogen-bond donors (Lipinski definition) is 3. The van der Waals surface area contributed by atoms with E-state index in [1.807, 2.05) is 60.7 Å². The van der Waals surface area contributed by atoms with Gasteiger partial charge in [0.2, 0.25) is 0 Å². The predicted molar refractivity (Wildman–Crippen MR) is 149 cm³/mol. The summed E-state index contributed by atoms with van der Waals surface area (Å²) in [6.45, 7) is 5.53. The van der Waals surface area contributed by atoms with Gasteiger partial charge in [0.05, 0.1) is 17.9 Å². The monoisotopic (exact) mass is 526 g/mol. The maximum absolute atomic E-state index is 12.6. The maximum Gasteiger partial charge on any atom is 0.408 e. The number of carbonyl (C=O) groups is 1. The third-order valence-electron chi connectivity index (χ3n) is 5.46. The van der Waals surface area contributed by atoms with Crippen LogP contribution in [0.1, 0.15) is 43.6 Å². The molecule has 1 amide bonds. The van der Waals surface area contributed by atoms with Gasteiger partial charge in [0.25, 0.3) is 11.1 Å². The van der Waals surface area contributed by atoms with Crippen LogP contribution in [0.2, 0.25) is 0 Å². The number of nitrogens with one attached hydrogen (secondary N) is 3. The Labute approximate surface area is 224 Å². The molecule has 0 saturated heterocycles. The average molecular weight is 527 g/mol. The summed E-state index contributed by atoms with van der Waals surface area (Å²) in [7, 11) is 0. The highest BCUT2D eigenvalue weighted by Gasteiger charge is 2.21. The van der Waals surface area contributed by atoms with Crippen LogP contribution in [0.5, 0.6) is 5.75 Å². The van der Waals surface area contributed by atoms with Crippen molar-refractivity contribution in [3.05, 3.63) is 127 Å². The van der Waals surface area contributed by atoms with E-state index >= 15 is 0 Å². The first-order valence-electron chi connectivity index (χ1n) is 12.4. The zero-order valence-corrected chi connectivity index (χ0v) is 21.9. The zero-order chi connectivity index (χ0) is 27.8. The first-order valence-corrected chi connectivity index (χ1v) is 12.4. The molecule has 39 heavy (non-hydrogen) atoms. The van der Waals surface area contributed by atoms with E-state index in [1.54, 1.807) is 39.0 Å². The summed E-state index contributed by atoms with van der Waals surface area (Å²) in [4.78, 5) is 47.0. The van der Waals surface area contributed by atoms with Gasteiger partial charge in [0, 0.05) is 0 Å². The second-order valence-electron chi connectivity index (χ2n) is 9.77. The fourth-order valence-electron chi connectivity index (χ4n) is 3.66. The van der Waals surface area contributed by atoms with Crippen molar-refractivity contribution >= 4 is 18.2 Å². The predicted octanol–water partition coefficient (Wildman–Crippen LogP) is 2.76. The summed E-state index contributed by atoms with van der Waals surface area (Å²) in [5, 5.41) is 3.09. The Morgan fingerprint density at radius 3 is 2.10 bits per heavy atom. The summed E-state index contributed by atoms with van der Waals surface area (Å²) in [6, 6.07) is 21.6. The van der Waals surface area contributed by atoms with Gasteiger partial charge in [-0.1, -0.05) is 60.7 Å². The Morgan fingerprint density at radius 2 is 1.51 bits per heavy atom. The Hall–Kier alpha value is -4.92. The zero-order valence-electron chi connectivity index (χ0n) is 21.9. The lowest BCUT2D eigenvalue weighted by atomic mass is 10.1. The highest BCUT2D eigenvalue weighted by molar-refractivity contribution is 5.68. The summed E-state index contributed by atoms with van der Waals surface area (Å²) >= 11 is 0. The molecule has 0 radical (unpaired) electrons. The Balaban J connectivity index is 1.48. The summed E-state index contributed by atoms with van der Waals surface area (Å²) in [5.41, 5.74) is 0.608. The molecule has 4 rings (SSSR count). The van der Waals surface area contributed by atoms with E-state index in [0.29, 0.717) is 11.4 Å². The van der Waals surface area contributed by atoms with Gasteiger partial charge in [-0.3, -0.25) is 14.6 Å². The molecule has 2 heterocycles. The van der Waals surface area contributed by atoms with E-state index in [9.17, 15) is 14.4 Å². The molecule has 0 fully saturated rings. The molecule has 3 N–H and O–H groups in total. The SMILES string of the molecule is CC(C)(C)OC(=O)N[C@@H](COc1ccc(/C=c2\[nH]c(=O)/c(=C/c3ccccc3)[nH]c2=O)nc1)c1ccccc1. The third kappa shape index (κ3) is 8.03. The lowest BCUT2D eigenvalue weighted by molar-refractivity contribution is 0.0487. The number of carbonyl (C=O) groups excluding carboxylic acids is 1. The average Bonchev–Trinajstić information content (AvgIpc) is 2.90. The minimum absolute atomic E-state index is 0.0806. The summed E-state index contributed by atoms with van der Waals surface area (Å²) in [6.07, 6.45) is 4.04. The number of pyridine rings is 1. The normalized spacial score (nSPS) is 13.1. The lowest BCUT2D eigenvalue weighted by Gasteiger charge is -2.24. The molecule has 0 bridgehead atoms. The third-order valence-corrected chi connectivity index (χ3v) is 5.46. The van der Waals surface area contributed by atoms with Gasteiger partial charge in [-0.25, -0.2) is 4.79 Å². The van der Waals surface area contributed by atoms with Crippen LogP contribution in [0, 0.1) is 0 Å². The van der Waals surface area contributed by atoms with Crippen LogP contribution in [0.15, 0.2) is 88.6 Å². The number of ether oxygens (including phenoxy) is 2. The van der Waals surface area contributed by atoms with Gasteiger partial charge >= 0.3 is 6.09 Å². The molecule has 0 aliphatic heterocycles. The Kier molecular flexibility index (Phi) is 8.40. The number of nitrogens with zero attached hydrogens (tertiary/aromatic N) is 1. The van der Waals surface area contributed by atoms with Crippen molar-refractivity contribution in [3.63, 3.8) is 0 Å². The molecule has 0 spiro atoms. The highest BCUT2D eigenvalue weighted by atomic mass is 16.6. The Morgan fingerprint density at radius 1 is 0.897 bits per heavy atom. The van der Waals surface area contributed by atoms with Gasteiger partial charge in [-0.05, 0) is 56.2 Å². The topological polar surface area (TPSA) is 126 Å². The lowest BCUT2D eigenvalue weighted by Crippen LogP contribution is -2.46. The molecular formula is C30H30N4O5. The molecule has 2 aromatic carbocycles. The minimum atomic E-state index is -0.630. The van der Waals surface area contributed by atoms with Crippen LogP contribution in [-0.2, 0) is 4.74 Å². The summed E-state index contributed by atoms with van der Waals surface area (Å²) < 4.78 is 11.3. The number of H-pyrrole nitrogens is 2. The maximum atomic E-state index is 12.6. The number of rotatable bonds is 7. The summed E-state index contributed by atoms with van der Waals surface area (Å²) in [5.74, 6) is 0.467. The van der Waals surface area contributed by atoms with Gasteiger partial charge in [0.1, 0.15) is 28.7 Å². The number of hydrogen-bond acceptors (Lipinski definition) is 6. The van der Waals surface area contributed by atoms with Crippen molar-refractivity contribution in [2.45, 2.75) is 32.4 Å². The van der Waals surface area contributed by atoms with Crippen LogP contribution in [0.3, 0.4) is 0 Å². The number of alkyl carbamates (subject to hydrolysis) is 1. The second kappa shape index (κ2) is 12.1. The fraction of sp³-hybridized carbons (Fsp3) is 0.200. The molecule has 0 unspecified atom stereocenters. The smallest absolute Gasteiger partial charge is 0.408 e. The number of amides is 1. The molecule has 2 aromatic heterocycles. The van der Waals surface area contributed by atoms with Crippen LogP contribution in [-0.4, -0.2) is 33.3 Å². The molecule has 0 aliphatic rings.